The zero-order valence-electron chi connectivity index (χ0n) is 18.6. The number of nitrogens with two attached hydrogens (primary N) is 1. The van der Waals surface area contributed by atoms with E-state index in [4.69, 9.17) is 10.7 Å². The number of hydrogen-bond donors (Lipinski definition) is 2. The van der Waals surface area contributed by atoms with Crippen LogP contribution in [0.1, 0.15) is 48.3 Å². The molecule has 6 heteroatoms. The van der Waals surface area contributed by atoms with E-state index in [0.29, 0.717) is 5.56 Å². The number of fused-ring (bicyclic) bond motifs is 1. The van der Waals surface area contributed by atoms with Gasteiger partial charge in [0.15, 0.2) is 6.17 Å². The maximum absolute atomic E-state index is 9.23. The van der Waals surface area contributed by atoms with Crippen molar-refractivity contribution in [1.29, 1.82) is 5.26 Å². The third-order valence-corrected chi connectivity index (χ3v) is 7.10. The molecule has 0 spiro atoms. The van der Waals surface area contributed by atoms with Crippen molar-refractivity contribution in [2.24, 2.45) is 10.7 Å². The van der Waals surface area contributed by atoms with Gasteiger partial charge in [0.25, 0.3) is 0 Å². The molecule has 1 unspecified atom stereocenters. The molecule has 2 aromatic rings. The van der Waals surface area contributed by atoms with E-state index in [1.807, 2.05) is 30.5 Å². The molecule has 6 nitrogen and oxygen atoms in total. The minimum absolute atomic E-state index is 0.0713. The van der Waals surface area contributed by atoms with Crippen molar-refractivity contribution >= 4 is 11.5 Å². The summed E-state index contributed by atoms with van der Waals surface area (Å²) in [7, 11) is 0. The van der Waals surface area contributed by atoms with Gasteiger partial charge in [-0.25, -0.2) is 4.99 Å². The molecule has 2 fully saturated rings. The summed E-state index contributed by atoms with van der Waals surface area (Å²) in [5, 5.41) is 12.8. The van der Waals surface area contributed by atoms with Crippen molar-refractivity contribution in [3.63, 3.8) is 0 Å². The number of benzene rings is 2. The molecule has 6 rings (SSSR count). The molecule has 1 saturated heterocycles. The van der Waals surface area contributed by atoms with Gasteiger partial charge in [-0.1, -0.05) is 12.1 Å². The molecule has 1 atom stereocenters. The quantitative estimate of drug-likeness (QED) is 0.762. The molecule has 1 saturated carbocycles. The average Bonchev–Trinajstić information content (AvgIpc) is 3.64. The number of rotatable bonds is 4. The fourth-order valence-corrected chi connectivity index (χ4v) is 5.03. The highest BCUT2D eigenvalue weighted by Gasteiger charge is 2.38. The van der Waals surface area contributed by atoms with Crippen LogP contribution < -0.4 is 16.0 Å². The number of likely N-dealkylation sites (tertiary alicyclic amines) is 1. The van der Waals surface area contributed by atoms with Crippen LogP contribution in [0.15, 0.2) is 77.2 Å². The zero-order chi connectivity index (χ0) is 22.4. The monoisotopic (exact) mass is 436 g/mol. The van der Waals surface area contributed by atoms with Crippen molar-refractivity contribution < 1.29 is 0 Å². The predicted octanol–water partition coefficient (Wildman–Crippen LogP) is 3.78. The molecule has 33 heavy (non-hydrogen) atoms. The Morgan fingerprint density at radius 3 is 2.36 bits per heavy atom. The van der Waals surface area contributed by atoms with Crippen molar-refractivity contribution in [3.8, 4) is 6.07 Å². The lowest BCUT2D eigenvalue weighted by Crippen LogP contribution is -2.47. The highest BCUT2D eigenvalue weighted by molar-refractivity contribution is 6.13. The van der Waals surface area contributed by atoms with Gasteiger partial charge in [-0.3, -0.25) is 4.90 Å². The molecular formula is C27H28N6. The van der Waals surface area contributed by atoms with E-state index in [1.54, 1.807) is 0 Å². The first kappa shape index (κ1) is 20.1. The van der Waals surface area contributed by atoms with Crippen LogP contribution in [0, 0.1) is 11.3 Å². The second kappa shape index (κ2) is 8.09. The summed E-state index contributed by atoms with van der Waals surface area (Å²) in [5.74, 6) is 1.63. The number of amidine groups is 1. The molecule has 3 heterocycles. The van der Waals surface area contributed by atoms with Crippen LogP contribution in [0.5, 0.6) is 0 Å². The maximum Gasteiger partial charge on any atom is 0.150 e. The summed E-state index contributed by atoms with van der Waals surface area (Å²) in [4.78, 5) is 9.90. The number of nitrogens with zero attached hydrogens (tertiary/aromatic N) is 4. The summed E-state index contributed by atoms with van der Waals surface area (Å²) < 4.78 is 0. The molecule has 0 bridgehead atoms. The zero-order valence-corrected chi connectivity index (χ0v) is 18.6. The van der Waals surface area contributed by atoms with Gasteiger partial charge in [-0.15, -0.1) is 0 Å². The fraction of sp³-hybridized carbons (Fsp3) is 0.333. The van der Waals surface area contributed by atoms with Gasteiger partial charge in [0.05, 0.1) is 17.3 Å². The van der Waals surface area contributed by atoms with E-state index in [0.717, 1.165) is 54.6 Å². The Kier molecular flexibility index (Phi) is 4.92. The smallest absolute Gasteiger partial charge is 0.150 e. The number of hydrogen-bond acceptors (Lipinski definition) is 6. The minimum atomic E-state index is -0.0713. The minimum Gasteiger partial charge on any atom is -0.370 e. The summed E-state index contributed by atoms with van der Waals surface area (Å²) in [6.45, 7) is 1.91. The van der Waals surface area contributed by atoms with Crippen LogP contribution in [-0.2, 0) is 0 Å². The van der Waals surface area contributed by atoms with Crippen molar-refractivity contribution in [3.05, 3.63) is 88.9 Å². The van der Waals surface area contributed by atoms with E-state index in [2.05, 4.69) is 51.5 Å². The first-order chi connectivity index (χ1) is 16.2. The molecule has 0 amide bonds. The van der Waals surface area contributed by atoms with Crippen LogP contribution in [0.4, 0.5) is 5.69 Å². The molecule has 2 aromatic carbocycles. The predicted molar refractivity (Wildman–Crippen MR) is 130 cm³/mol. The molecule has 3 aliphatic heterocycles. The topological polar surface area (TPSA) is 80.7 Å². The molecule has 3 N–H and O–H groups in total. The van der Waals surface area contributed by atoms with Gasteiger partial charge in [0.1, 0.15) is 11.5 Å². The van der Waals surface area contributed by atoms with Gasteiger partial charge in [-0.05, 0) is 79.6 Å². The van der Waals surface area contributed by atoms with Gasteiger partial charge in [-0.2, -0.15) is 5.26 Å². The summed E-state index contributed by atoms with van der Waals surface area (Å²) in [6.07, 6.45) is 8.71. The van der Waals surface area contributed by atoms with Crippen LogP contribution in [-0.4, -0.2) is 36.0 Å². The van der Waals surface area contributed by atoms with Crippen molar-refractivity contribution in [2.75, 3.05) is 18.0 Å². The first-order valence-corrected chi connectivity index (χ1v) is 11.9. The fourth-order valence-electron chi connectivity index (χ4n) is 5.03. The van der Waals surface area contributed by atoms with Gasteiger partial charge >= 0.3 is 0 Å². The highest BCUT2D eigenvalue weighted by atomic mass is 15.4. The van der Waals surface area contributed by atoms with Crippen LogP contribution in [0.2, 0.25) is 0 Å². The standard InChI is InChI=1S/C27H28N6/c28-17-18-1-3-21(4-2-18)26-31-25-24(32-15-12-22(29)13-16-32)11-14-30-27(25)33(26)23-9-7-20(8-10-23)19-5-6-19/h1-4,7-11,14,19,22,27,30H,5-6,12-13,15-16,29H2. The summed E-state index contributed by atoms with van der Waals surface area (Å²) in [6, 6.07) is 19.2. The second-order valence-electron chi connectivity index (χ2n) is 9.36. The third-order valence-electron chi connectivity index (χ3n) is 7.10. The lowest BCUT2D eigenvalue weighted by molar-refractivity contribution is 0.266. The number of dihydropyridines is 1. The average molecular weight is 437 g/mol. The second-order valence-corrected chi connectivity index (χ2v) is 9.36. The Morgan fingerprint density at radius 1 is 0.970 bits per heavy atom. The molecule has 1 aliphatic carbocycles. The van der Waals surface area contributed by atoms with Crippen LogP contribution >= 0.6 is 0 Å². The molecule has 0 aromatic heterocycles. The largest absolute Gasteiger partial charge is 0.370 e. The summed E-state index contributed by atoms with van der Waals surface area (Å²) >= 11 is 0. The number of aliphatic imine (C=N–C) groups is 1. The Labute approximate surface area is 194 Å². The number of nitriles is 1. The van der Waals surface area contributed by atoms with Crippen LogP contribution in [0.3, 0.4) is 0 Å². The number of allylic oxidation sites excluding steroid dienone is 1. The van der Waals surface area contributed by atoms with Crippen molar-refractivity contribution in [2.45, 2.75) is 43.8 Å². The van der Waals surface area contributed by atoms with E-state index >= 15 is 0 Å². The number of piperidine rings is 1. The van der Waals surface area contributed by atoms with Gasteiger partial charge < -0.3 is 16.0 Å². The SMILES string of the molecule is N#Cc1ccc(C2=NC3=C(N4CCC(N)CC4)C=CNC3N2c2ccc(C3CC3)cc2)cc1. The normalized spacial score (nSPS) is 22.7. The first-order valence-electron chi connectivity index (χ1n) is 11.9. The Bertz CT molecular complexity index is 1170. The lowest BCUT2D eigenvalue weighted by atomic mass is 10.0. The molecule has 0 radical (unpaired) electrons. The highest BCUT2D eigenvalue weighted by Crippen LogP contribution is 2.41. The summed E-state index contributed by atoms with van der Waals surface area (Å²) in [5.41, 5.74) is 12.6. The number of nitrogens with one attached hydrogen (secondary N) is 1. The van der Waals surface area contributed by atoms with Gasteiger partial charge in [0.2, 0.25) is 0 Å². The Morgan fingerprint density at radius 2 is 1.70 bits per heavy atom. The van der Waals surface area contributed by atoms with E-state index in [9.17, 15) is 5.26 Å². The van der Waals surface area contributed by atoms with E-state index < -0.39 is 0 Å². The third kappa shape index (κ3) is 3.69. The Hall–Kier alpha value is -3.56. The lowest BCUT2D eigenvalue weighted by Gasteiger charge is -2.36. The van der Waals surface area contributed by atoms with Gasteiger partial charge in [0, 0.05) is 36.6 Å². The van der Waals surface area contributed by atoms with Crippen molar-refractivity contribution in [1.82, 2.24) is 10.2 Å². The molecule has 4 aliphatic rings. The Balaban J connectivity index is 1.42. The number of anilines is 1. The van der Waals surface area contributed by atoms with E-state index in [-0.39, 0.29) is 12.2 Å². The van der Waals surface area contributed by atoms with E-state index in [1.165, 1.54) is 24.1 Å². The molecule has 166 valence electrons. The van der Waals surface area contributed by atoms with Crippen LogP contribution in [0.25, 0.3) is 0 Å². The maximum atomic E-state index is 9.23. The molecular weight excluding hydrogens is 408 g/mol.